The van der Waals surface area contributed by atoms with Crippen LogP contribution in [0.1, 0.15) is 5.56 Å². The number of phosphoric ester groups is 1. The molecule has 0 aliphatic heterocycles. The molecule has 2 N–H and O–H groups in total. The highest BCUT2D eigenvalue weighted by molar-refractivity contribution is 7.46. The SMILES string of the molecule is C=C(OP(=O)(O)O)c1ccccc1Cl. The van der Waals surface area contributed by atoms with Gasteiger partial charge in [0, 0.05) is 5.56 Å². The molecule has 1 aromatic rings. The number of rotatable bonds is 3. The average Bonchev–Trinajstić information content (AvgIpc) is 2.01. The zero-order chi connectivity index (χ0) is 10.8. The van der Waals surface area contributed by atoms with Crippen molar-refractivity contribution in [3.63, 3.8) is 0 Å². The van der Waals surface area contributed by atoms with Crippen molar-refractivity contribution in [2.24, 2.45) is 0 Å². The van der Waals surface area contributed by atoms with Crippen molar-refractivity contribution in [1.82, 2.24) is 0 Å². The first kappa shape index (κ1) is 11.3. The Kier molecular flexibility index (Phi) is 3.34. The highest BCUT2D eigenvalue weighted by Crippen LogP contribution is 2.42. The van der Waals surface area contributed by atoms with Gasteiger partial charge in [0.15, 0.2) is 0 Å². The Bertz CT molecular complexity index is 398. The molecular weight excluding hydrogens is 227 g/mol. The molecule has 4 nitrogen and oxygen atoms in total. The van der Waals surface area contributed by atoms with E-state index in [4.69, 9.17) is 21.4 Å². The van der Waals surface area contributed by atoms with Gasteiger partial charge in [-0.05, 0) is 12.1 Å². The van der Waals surface area contributed by atoms with Gasteiger partial charge in [-0.2, -0.15) is 0 Å². The minimum absolute atomic E-state index is 0.149. The van der Waals surface area contributed by atoms with E-state index in [1.165, 1.54) is 0 Å². The van der Waals surface area contributed by atoms with Crippen LogP contribution in [0, 0.1) is 0 Å². The predicted octanol–water partition coefficient (Wildman–Crippen LogP) is 2.42. The fourth-order valence-electron chi connectivity index (χ4n) is 0.880. The molecule has 0 aliphatic rings. The summed E-state index contributed by atoms with van der Waals surface area (Å²) >= 11 is 5.75. The summed E-state index contributed by atoms with van der Waals surface area (Å²) in [6, 6.07) is 6.48. The number of benzene rings is 1. The maximum Gasteiger partial charge on any atom is 0.524 e. The van der Waals surface area contributed by atoms with Gasteiger partial charge in [0.25, 0.3) is 0 Å². The minimum Gasteiger partial charge on any atom is -0.404 e. The van der Waals surface area contributed by atoms with Crippen LogP contribution in [0.4, 0.5) is 0 Å². The molecule has 0 aromatic heterocycles. The van der Waals surface area contributed by atoms with E-state index in [2.05, 4.69) is 11.1 Å². The maximum absolute atomic E-state index is 10.5. The molecule has 6 heteroatoms. The molecule has 1 aromatic carbocycles. The normalized spacial score (nSPS) is 11.1. The summed E-state index contributed by atoms with van der Waals surface area (Å²) in [7, 11) is -4.57. The summed E-state index contributed by atoms with van der Waals surface area (Å²) in [6.07, 6.45) is 0. The van der Waals surface area contributed by atoms with Crippen LogP contribution in [0.3, 0.4) is 0 Å². The van der Waals surface area contributed by atoms with E-state index in [9.17, 15) is 4.57 Å². The molecule has 76 valence electrons. The van der Waals surface area contributed by atoms with Crippen LogP contribution in [0.25, 0.3) is 5.76 Å². The molecule has 14 heavy (non-hydrogen) atoms. The second-order valence-corrected chi connectivity index (χ2v) is 4.06. The molecule has 1 rings (SSSR count). The first-order chi connectivity index (χ1) is 6.40. The second kappa shape index (κ2) is 4.15. The van der Waals surface area contributed by atoms with E-state index in [-0.39, 0.29) is 5.76 Å². The van der Waals surface area contributed by atoms with Crippen molar-refractivity contribution in [3.05, 3.63) is 41.4 Å². The van der Waals surface area contributed by atoms with Crippen LogP contribution in [0.5, 0.6) is 0 Å². The highest BCUT2D eigenvalue weighted by atomic mass is 35.5. The average molecular weight is 235 g/mol. The van der Waals surface area contributed by atoms with Gasteiger partial charge >= 0.3 is 7.82 Å². The minimum atomic E-state index is -4.57. The summed E-state index contributed by atoms with van der Waals surface area (Å²) < 4.78 is 14.8. The van der Waals surface area contributed by atoms with Crippen LogP contribution >= 0.6 is 19.4 Å². The molecule has 0 bridgehead atoms. The van der Waals surface area contributed by atoms with Gasteiger partial charge in [0.05, 0.1) is 5.02 Å². The third kappa shape index (κ3) is 3.16. The Morgan fingerprint density at radius 3 is 2.50 bits per heavy atom. The van der Waals surface area contributed by atoms with E-state index in [1.807, 2.05) is 0 Å². The van der Waals surface area contributed by atoms with Crippen molar-refractivity contribution < 1.29 is 18.9 Å². The van der Waals surface area contributed by atoms with Gasteiger partial charge < -0.3 is 4.52 Å². The summed E-state index contributed by atoms with van der Waals surface area (Å²) in [5.41, 5.74) is 0.359. The van der Waals surface area contributed by atoms with Crippen LogP contribution < -0.4 is 0 Å². The molecule has 0 amide bonds. The van der Waals surface area contributed by atoms with Crippen LogP contribution in [0.2, 0.25) is 5.02 Å². The van der Waals surface area contributed by atoms with Crippen molar-refractivity contribution in [1.29, 1.82) is 0 Å². The Balaban J connectivity index is 2.91. The summed E-state index contributed by atoms with van der Waals surface area (Å²) in [4.78, 5) is 17.1. The highest BCUT2D eigenvalue weighted by Gasteiger charge is 2.18. The van der Waals surface area contributed by atoms with Gasteiger partial charge in [-0.3, -0.25) is 9.79 Å². The lowest BCUT2D eigenvalue weighted by Gasteiger charge is -2.10. The molecular formula is C8H8ClO4P. The molecule has 0 aliphatic carbocycles. The smallest absolute Gasteiger partial charge is 0.404 e. The first-order valence-corrected chi connectivity index (χ1v) is 5.50. The summed E-state index contributed by atoms with van der Waals surface area (Å²) in [6.45, 7) is 3.37. The van der Waals surface area contributed by atoms with E-state index < -0.39 is 7.82 Å². The Labute approximate surface area is 86.0 Å². The van der Waals surface area contributed by atoms with Crippen molar-refractivity contribution in [2.75, 3.05) is 0 Å². The van der Waals surface area contributed by atoms with E-state index in [0.717, 1.165) is 0 Å². The molecule has 0 saturated heterocycles. The number of hydrogen-bond donors (Lipinski definition) is 2. The Morgan fingerprint density at radius 1 is 1.43 bits per heavy atom. The standard InChI is InChI=1S/C8H8ClO4P/c1-6(13-14(10,11)12)7-4-2-3-5-8(7)9/h2-5H,1H2,(H2,10,11,12). The lowest BCUT2D eigenvalue weighted by molar-refractivity contribution is 0.269. The maximum atomic E-state index is 10.5. The fourth-order valence-corrected chi connectivity index (χ4v) is 1.51. The molecule has 0 unspecified atom stereocenters. The molecule has 0 fully saturated rings. The zero-order valence-corrected chi connectivity index (χ0v) is 8.70. The predicted molar refractivity (Wildman–Crippen MR) is 53.6 cm³/mol. The van der Waals surface area contributed by atoms with Crippen LogP contribution in [-0.2, 0) is 9.09 Å². The van der Waals surface area contributed by atoms with E-state index >= 15 is 0 Å². The lowest BCUT2D eigenvalue weighted by atomic mass is 10.2. The Hall–Kier alpha value is -0.800. The third-order valence-corrected chi connectivity index (χ3v) is 2.19. The quantitative estimate of drug-likeness (QED) is 0.623. The third-order valence-electron chi connectivity index (χ3n) is 1.40. The lowest BCUT2D eigenvalue weighted by Crippen LogP contribution is -1.89. The number of halogens is 1. The first-order valence-electron chi connectivity index (χ1n) is 3.59. The van der Waals surface area contributed by atoms with Gasteiger partial charge in [0.2, 0.25) is 0 Å². The van der Waals surface area contributed by atoms with E-state index in [0.29, 0.717) is 10.6 Å². The Morgan fingerprint density at radius 2 is 2.00 bits per heavy atom. The molecule has 0 atom stereocenters. The van der Waals surface area contributed by atoms with Crippen LogP contribution in [0.15, 0.2) is 30.8 Å². The fraction of sp³-hybridized carbons (Fsp3) is 0. The largest absolute Gasteiger partial charge is 0.524 e. The number of hydrogen-bond acceptors (Lipinski definition) is 2. The van der Waals surface area contributed by atoms with Gasteiger partial charge in [0.1, 0.15) is 5.76 Å². The van der Waals surface area contributed by atoms with Crippen LogP contribution in [-0.4, -0.2) is 9.79 Å². The summed E-state index contributed by atoms with van der Waals surface area (Å²) in [5, 5.41) is 0.325. The van der Waals surface area contributed by atoms with Gasteiger partial charge in [-0.25, -0.2) is 4.57 Å². The molecule has 0 heterocycles. The summed E-state index contributed by atoms with van der Waals surface area (Å²) in [5.74, 6) is -0.149. The zero-order valence-electron chi connectivity index (χ0n) is 7.05. The topological polar surface area (TPSA) is 66.8 Å². The molecule has 0 radical (unpaired) electrons. The van der Waals surface area contributed by atoms with Crippen molar-refractivity contribution >= 4 is 25.2 Å². The number of phosphoric acid groups is 1. The van der Waals surface area contributed by atoms with Crippen molar-refractivity contribution in [2.45, 2.75) is 0 Å². The second-order valence-electron chi connectivity index (χ2n) is 2.48. The molecule has 0 saturated carbocycles. The monoisotopic (exact) mass is 234 g/mol. The molecule has 0 spiro atoms. The van der Waals surface area contributed by atoms with Gasteiger partial charge in [-0.15, -0.1) is 0 Å². The van der Waals surface area contributed by atoms with Gasteiger partial charge in [-0.1, -0.05) is 30.3 Å². The van der Waals surface area contributed by atoms with Crippen molar-refractivity contribution in [3.8, 4) is 0 Å². The van der Waals surface area contributed by atoms with E-state index in [1.54, 1.807) is 24.3 Å².